The Kier molecular flexibility index (Phi) is 8.79. The Morgan fingerprint density at radius 2 is 0.742 bits per heavy atom. The van der Waals surface area contributed by atoms with Crippen LogP contribution in [0.5, 0.6) is 0 Å². The molecule has 0 atom stereocenters. The van der Waals surface area contributed by atoms with Crippen LogP contribution in [0.2, 0.25) is 0 Å². The molecule has 11 aromatic rings. The molecular formula is C64H42N2. The molecule has 0 N–H and O–H groups in total. The van der Waals surface area contributed by atoms with E-state index < -0.39 is 5.41 Å². The number of hydrogen-bond donors (Lipinski definition) is 0. The average molecular weight is 839 g/mol. The number of para-hydroxylation sites is 1. The summed E-state index contributed by atoms with van der Waals surface area (Å²) >= 11 is 0. The lowest BCUT2D eigenvalue weighted by molar-refractivity contribution is 0.794. The molecule has 2 aliphatic carbocycles. The molecule has 0 aliphatic heterocycles. The average Bonchev–Trinajstić information content (AvgIpc) is 3.86. The molecule has 2 aliphatic rings. The molecule has 1 spiro atoms. The van der Waals surface area contributed by atoms with Gasteiger partial charge in [0.05, 0.1) is 16.6 Å². The molecule has 1 heterocycles. The SMILES string of the molecule is c1ccc(-c2ccc(N(c3ccc(-c4nc5ccccc5cc4-c4ccc5c(c4)C4(c6ccccc6-c6ccccc64)c4ccccc4-5)cc3)c3cccc(-c4ccccc4)c3)cc2)cc1. The maximum atomic E-state index is 5.48. The number of pyridine rings is 1. The van der Waals surface area contributed by atoms with Gasteiger partial charge in [-0.05, 0) is 127 Å². The van der Waals surface area contributed by atoms with Gasteiger partial charge < -0.3 is 4.90 Å². The smallest absolute Gasteiger partial charge is 0.0788 e. The van der Waals surface area contributed by atoms with Gasteiger partial charge >= 0.3 is 0 Å². The summed E-state index contributed by atoms with van der Waals surface area (Å²) in [6.45, 7) is 0. The van der Waals surface area contributed by atoms with Crippen LogP contribution in [0.1, 0.15) is 22.3 Å². The minimum Gasteiger partial charge on any atom is -0.310 e. The van der Waals surface area contributed by atoms with Crippen LogP contribution in [0.15, 0.2) is 255 Å². The van der Waals surface area contributed by atoms with Crippen LogP contribution in [0.4, 0.5) is 17.1 Å². The zero-order chi connectivity index (χ0) is 43.6. The summed E-state index contributed by atoms with van der Waals surface area (Å²) in [6, 6.07) is 92.9. The lowest BCUT2D eigenvalue weighted by Gasteiger charge is -2.30. The van der Waals surface area contributed by atoms with Gasteiger partial charge in [0, 0.05) is 33.6 Å². The summed E-state index contributed by atoms with van der Waals surface area (Å²) in [4.78, 5) is 7.83. The van der Waals surface area contributed by atoms with Crippen molar-refractivity contribution in [2.45, 2.75) is 5.41 Å². The Balaban J connectivity index is 0.959. The highest BCUT2D eigenvalue weighted by atomic mass is 15.1. The van der Waals surface area contributed by atoms with Crippen molar-refractivity contribution in [3.05, 3.63) is 277 Å². The van der Waals surface area contributed by atoms with Crippen LogP contribution >= 0.6 is 0 Å². The molecular weight excluding hydrogens is 797 g/mol. The van der Waals surface area contributed by atoms with E-state index in [1.54, 1.807) is 0 Å². The highest BCUT2D eigenvalue weighted by Crippen LogP contribution is 2.63. The molecule has 0 bridgehead atoms. The van der Waals surface area contributed by atoms with E-state index in [0.29, 0.717) is 0 Å². The summed E-state index contributed by atoms with van der Waals surface area (Å²) in [6.07, 6.45) is 0. The first kappa shape index (κ1) is 37.9. The van der Waals surface area contributed by atoms with Crippen molar-refractivity contribution in [1.29, 1.82) is 0 Å². The summed E-state index contributed by atoms with van der Waals surface area (Å²) in [5.74, 6) is 0. The predicted octanol–water partition coefficient (Wildman–Crippen LogP) is 16.7. The number of rotatable bonds is 7. The molecule has 0 fully saturated rings. The van der Waals surface area contributed by atoms with Gasteiger partial charge in [-0.3, -0.25) is 0 Å². The van der Waals surface area contributed by atoms with Gasteiger partial charge in [0.15, 0.2) is 0 Å². The molecule has 2 heteroatoms. The number of aromatic nitrogens is 1. The van der Waals surface area contributed by atoms with Gasteiger partial charge in [0.2, 0.25) is 0 Å². The monoisotopic (exact) mass is 838 g/mol. The Hall–Kier alpha value is -8.59. The summed E-state index contributed by atoms with van der Waals surface area (Å²) < 4.78 is 0. The lowest BCUT2D eigenvalue weighted by Crippen LogP contribution is -2.25. The molecule has 0 amide bonds. The first-order valence-electron chi connectivity index (χ1n) is 22.8. The van der Waals surface area contributed by atoms with E-state index in [0.717, 1.165) is 50.3 Å². The zero-order valence-corrected chi connectivity index (χ0v) is 36.1. The summed E-state index contributed by atoms with van der Waals surface area (Å²) in [7, 11) is 0. The first-order valence-corrected chi connectivity index (χ1v) is 22.8. The Morgan fingerprint density at radius 3 is 1.36 bits per heavy atom. The number of fused-ring (bicyclic) bond motifs is 11. The predicted molar refractivity (Wildman–Crippen MR) is 274 cm³/mol. The van der Waals surface area contributed by atoms with E-state index in [1.165, 1.54) is 66.8 Å². The highest BCUT2D eigenvalue weighted by Gasteiger charge is 2.51. The van der Waals surface area contributed by atoms with Crippen molar-refractivity contribution in [2.24, 2.45) is 0 Å². The molecule has 0 unspecified atom stereocenters. The fourth-order valence-corrected chi connectivity index (χ4v) is 10.9. The van der Waals surface area contributed by atoms with Crippen molar-refractivity contribution >= 4 is 28.0 Å². The van der Waals surface area contributed by atoms with Gasteiger partial charge in [-0.2, -0.15) is 0 Å². The third-order valence-electron chi connectivity index (χ3n) is 13.9. The largest absolute Gasteiger partial charge is 0.310 e. The zero-order valence-electron chi connectivity index (χ0n) is 36.1. The maximum Gasteiger partial charge on any atom is 0.0788 e. The number of anilines is 3. The molecule has 2 nitrogen and oxygen atoms in total. The fourth-order valence-electron chi connectivity index (χ4n) is 10.9. The van der Waals surface area contributed by atoms with Crippen LogP contribution in [-0.2, 0) is 5.41 Å². The van der Waals surface area contributed by atoms with E-state index in [2.05, 4.69) is 260 Å². The van der Waals surface area contributed by atoms with E-state index >= 15 is 0 Å². The third-order valence-corrected chi connectivity index (χ3v) is 13.9. The second-order valence-electron chi connectivity index (χ2n) is 17.4. The quantitative estimate of drug-likeness (QED) is 0.159. The van der Waals surface area contributed by atoms with Crippen LogP contribution in [-0.4, -0.2) is 4.98 Å². The number of nitrogens with zero attached hydrogens (tertiary/aromatic N) is 2. The second kappa shape index (κ2) is 15.3. The number of hydrogen-bond acceptors (Lipinski definition) is 2. The Morgan fingerprint density at radius 1 is 0.273 bits per heavy atom. The molecule has 10 aromatic carbocycles. The van der Waals surface area contributed by atoms with Gasteiger partial charge in [0.25, 0.3) is 0 Å². The van der Waals surface area contributed by atoms with Crippen LogP contribution in [0, 0.1) is 0 Å². The van der Waals surface area contributed by atoms with Crippen molar-refractivity contribution in [3.63, 3.8) is 0 Å². The fraction of sp³-hybridized carbons (Fsp3) is 0.0156. The highest BCUT2D eigenvalue weighted by molar-refractivity contribution is 5.98. The van der Waals surface area contributed by atoms with Crippen molar-refractivity contribution < 1.29 is 0 Å². The van der Waals surface area contributed by atoms with Crippen molar-refractivity contribution in [3.8, 4) is 66.9 Å². The second-order valence-corrected chi connectivity index (χ2v) is 17.4. The van der Waals surface area contributed by atoms with E-state index in [1.807, 2.05) is 0 Å². The molecule has 308 valence electrons. The summed E-state index contributed by atoms with van der Waals surface area (Å²) in [5.41, 5.74) is 23.4. The lowest BCUT2D eigenvalue weighted by atomic mass is 9.70. The minimum absolute atomic E-state index is 0.429. The normalized spacial score (nSPS) is 12.7. The van der Waals surface area contributed by atoms with Gasteiger partial charge in [-0.25, -0.2) is 4.98 Å². The summed E-state index contributed by atoms with van der Waals surface area (Å²) in [5, 5.41) is 1.12. The van der Waals surface area contributed by atoms with Crippen LogP contribution < -0.4 is 4.90 Å². The minimum atomic E-state index is -0.429. The molecule has 66 heavy (non-hydrogen) atoms. The Labute approximate surface area is 385 Å². The van der Waals surface area contributed by atoms with Gasteiger partial charge in [-0.15, -0.1) is 0 Å². The van der Waals surface area contributed by atoms with E-state index in [9.17, 15) is 0 Å². The van der Waals surface area contributed by atoms with E-state index in [-0.39, 0.29) is 0 Å². The third kappa shape index (κ3) is 5.92. The maximum absolute atomic E-state index is 5.48. The van der Waals surface area contributed by atoms with Crippen LogP contribution in [0.25, 0.3) is 77.8 Å². The molecule has 13 rings (SSSR count). The number of benzene rings is 10. The Bertz CT molecular complexity index is 3570. The van der Waals surface area contributed by atoms with Gasteiger partial charge in [-0.1, -0.05) is 200 Å². The standard InChI is InChI=1S/C64H42N2/c1-3-16-43(17-4-1)45-30-35-50(36-31-45)66(52-22-15-21-47(40-52)44-18-5-2-6-19-44)51-37-32-46(33-38-51)63-57(41-49-20-7-14-29-62(49)65-63)48-34-39-56-55-25-10-13-28-60(55)64(61(56)42-48)58-26-11-8-23-53(58)54-24-9-12-27-59(54)64/h1-42H. The van der Waals surface area contributed by atoms with Crippen molar-refractivity contribution in [1.82, 2.24) is 4.98 Å². The molecule has 1 aromatic heterocycles. The molecule has 0 saturated carbocycles. The van der Waals surface area contributed by atoms with Gasteiger partial charge in [0.1, 0.15) is 0 Å². The first-order chi connectivity index (χ1) is 32.7. The molecule has 0 saturated heterocycles. The van der Waals surface area contributed by atoms with E-state index in [4.69, 9.17) is 4.98 Å². The van der Waals surface area contributed by atoms with Crippen LogP contribution in [0.3, 0.4) is 0 Å². The topological polar surface area (TPSA) is 16.1 Å². The molecule has 0 radical (unpaired) electrons. The van der Waals surface area contributed by atoms with Crippen molar-refractivity contribution in [2.75, 3.05) is 4.90 Å².